The lowest BCUT2D eigenvalue weighted by Gasteiger charge is -2.12. The number of halogens is 1. The van der Waals surface area contributed by atoms with Gasteiger partial charge in [0.05, 0.1) is 26.5 Å². The van der Waals surface area contributed by atoms with Gasteiger partial charge in [-0.25, -0.2) is 4.39 Å². The van der Waals surface area contributed by atoms with E-state index in [0.29, 0.717) is 31.3 Å². The molecular weight excluding hydrogens is 383 g/mol. The number of para-hydroxylation sites is 1. The lowest BCUT2D eigenvalue weighted by Crippen LogP contribution is -2.07. The van der Waals surface area contributed by atoms with E-state index in [0.717, 1.165) is 22.4 Å². The van der Waals surface area contributed by atoms with Gasteiger partial charge in [0.1, 0.15) is 18.2 Å². The van der Waals surface area contributed by atoms with Crippen LogP contribution in [0.2, 0.25) is 0 Å². The first-order valence-electron chi connectivity index (χ1n) is 9.71. The minimum absolute atomic E-state index is 0.267. The van der Waals surface area contributed by atoms with Crippen molar-refractivity contribution < 1.29 is 18.6 Å². The van der Waals surface area contributed by atoms with E-state index in [1.165, 1.54) is 12.1 Å². The maximum Gasteiger partial charge on any atom is 0.161 e. The van der Waals surface area contributed by atoms with Crippen LogP contribution in [0.4, 0.5) is 4.39 Å². The molecule has 0 atom stereocenters. The average Bonchev–Trinajstić information content (AvgIpc) is 2.77. The molecule has 0 aromatic heterocycles. The minimum atomic E-state index is -0.267. The SMILES string of the molecule is CCOc1cc(/C=N/NCc2ccccc2OC)ccc1OCc1ccc(F)cc1. The van der Waals surface area contributed by atoms with E-state index in [1.54, 1.807) is 25.5 Å². The highest BCUT2D eigenvalue weighted by Crippen LogP contribution is 2.29. The number of hydrogen-bond donors (Lipinski definition) is 1. The second kappa shape index (κ2) is 10.9. The molecule has 0 saturated heterocycles. The molecule has 0 heterocycles. The fourth-order valence-corrected chi connectivity index (χ4v) is 2.83. The van der Waals surface area contributed by atoms with E-state index in [4.69, 9.17) is 14.2 Å². The van der Waals surface area contributed by atoms with Gasteiger partial charge in [-0.1, -0.05) is 30.3 Å². The van der Waals surface area contributed by atoms with Crippen molar-refractivity contribution in [2.24, 2.45) is 5.10 Å². The zero-order valence-electron chi connectivity index (χ0n) is 17.1. The largest absolute Gasteiger partial charge is 0.496 e. The van der Waals surface area contributed by atoms with Gasteiger partial charge in [0.2, 0.25) is 0 Å². The maximum absolute atomic E-state index is 13.0. The summed E-state index contributed by atoms with van der Waals surface area (Å²) >= 11 is 0. The molecule has 0 fully saturated rings. The third kappa shape index (κ3) is 5.98. The fourth-order valence-electron chi connectivity index (χ4n) is 2.83. The molecule has 1 N–H and O–H groups in total. The molecule has 6 heteroatoms. The van der Waals surface area contributed by atoms with Crippen LogP contribution in [-0.4, -0.2) is 19.9 Å². The third-order valence-corrected chi connectivity index (χ3v) is 4.34. The molecular formula is C24H25FN2O3. The number of hydrazone groups is 1. The van der Waals surface area contributed by atoms with E-state index in [9.17, 15) is 4.39 Å². The van der Waals surface area contributed by atoms with Crippen molar-refractivity contribution in [1.29, 1.82) is 0 Å². The fraction of sp³-hybridized carbons (Fsp3) is 0.208. The molecule has 3 aromatic rings. The molecule has 30 heavy (non-hydrogen) atoms. The van der Waals surface area contributed by atoms with Gasteiger partial charge >= 0.3 is 0 Å². The smallest absolute Gasteiger partial charge is 0.161 e. The average molecular weight is 408 g/mol. The number of rotatable bonds is 10. The van der Waals surface area contributed by atoms with Crippen LogP contribution in [-0.2, 0) is 13.2 Å². The predicted octanol–water partition coefficient (Wildman–Crippen LogP) is 4.94. The van der Waals surface area contributed by atoms with E-state index < -0.39 is 0 Å². The highest BCUT2D eigenvalue weighted by molar-refractivity contribution is 5.80. The lowest BCUT2D eigenvalue weighted by molar-refractivity contribution is 0.269. The summed E-state index contributed by atoms with van der Waals surface area (Å²) in [6.45, 7) is 3.31. The van der Waals surface area contributed by atoms with Gasteiger partial charge in [-0.2, -0.15) is 5.10 Å². The van der Waals surface area contributed by atoms with Crippen LogP contribution in [0, 0.1) is 5.82 Å². The molecule has 0 aliphatic rings. The predicted molar refractivity (Wildman–Crippen MR) is 116 cm³/mol. The monoisotopic (exact) mass is 408 g/mol. The Kier molecular flexibility index (Phi) is 7.66. The van der Waals surface area contributed by atoms with Crippen molar-refractivity contribution in [3.05, 3.63) is 89.2 Å². The summed E-state index contributed by atoms with van der Waals surface area (Å²) in [6.07, 6.45) is 1.72. The molecule has 3 rings (SSSR count). The summed E-state index contributed by atoms with van der Waals surface area (Å²) < 4.78 is 29.9. The van der Waals surface area contributed by atoms with Gasteiger partial charge in [-0.3, -0.25) is 0 Å². The van der Waals surface area contributed by atoms with E-state index in [-0.39, 0.29) is 5.82 Å². The molecule has 0 bridgehead atoms. The topological polar surface area (TPSA) is 52.1 Å². The van der Waals surface area contributed by atoms with Crippen molar-refractivity contribution >= 4 is 6.21 Å². The zero-order valence-corrected chi connectivity index (χ0v) is 17.1. The molecule has 0 unspecified atom stereocenters. The highest BCUT2D eigenvalue weighted by Gasteiger charge is 2.07. The molecule has 0 aliphatic heterocycles. The van der Waals surface area contributed by atoms with Gasteiger partial charge in [-0.05, 0) is 54.4 Å². The van der Waals surface area contributed by atoms with E-state index >= 15 is 0 Å². The first kappa shape index (κ1) is 21.2. The Morgan fingerprint density at radius 3 is 2.50 bits per heavy atom. The van der Waals surface area contributed by atoms with Crippen LogP contribution in [0.3, 0.4) is 0 Å². The third-order valence-electron chi connectivity index (χ3n) is 4.34. The van der Waals surface area contributed by atoms with Gasteiger partial charge < -0.3 is 19.6 Å². The van der Waals surface area contributed by atoms with Crippen molar-refractivity contribution in [2.75, 3.05) is 13.7 Å². The van der Waals surface area contributed by atoms with Crippen LogP contribution in [0.5, 0.6) is 17.2 Å². The Balaban J connectivity index is 1.62. The molecule has 0 aliphatic carbocycles. The zero-order chi connectivity index (χ0) is 21.2. The lowest BCUT2D eigenvalue weighted by atomic mass is 10.2. The number of benzene rings is 3. The Bertz CT molecular complexity index is 974. The Labute approximate surface area is 176 Å². The second-order valence-electron chi connectivity index (χ2n) is 6.46. The summed E-state index contributed by atoms with van der Waals surface area (Å²) in [5.41, 5.74) is 5.81. The van der Waals surface area contributed by atoms with Crippen molar-refractivity contribution in [2.45, 2.75) is 20.1 Å². The summed E-state index contributed by atoms with van der Waals surface area (Å²) in [5, 5.41) is 4.28. The summed E-state index contributed by atoms with van der Waals surface area (Å²) in [7, 11) is 1.65. The van der Waals surface area contributed by atoms with Crippen LogP contribution in [0.1, 0.15) is 23.6 Å². The Hall–Kier alpha value is -3.54. The van der Waals surface area contributed by atoms with Crippen molar-refractivity contribution in [3.8, 4) is 17.2 Å². The first-order valence-corrected chi connectivity index (χ1v) is 9.71. The van der Waals surface area contributed by atoms with Crippen LogP contribution in [0.15, 0.2) is 71.8 Å². The van der Waals surface area contributed by atoms with Crippen molar-refractivity contribution in [3.63, 3.8) is 0 Å². The number of nitrogens with one attached hydrogen (secondary N) is 1. The summed E-state index contributed by atoms with van der Waals surface area (Å²) in [4.78, 5) is 0. The molecule has 156 valence electrons. The molecule has 0 radical (unpaired) electrons. The second-order valence-corrected chi connectivity index (χ2v) is 6.46. The minimum Gasteiger partial charge on any atom is -0.496 e. The van der Waals surface area contributed by atoms with Gasteiger partial charge in [0.15, 0.2) is 11.5 Å². The first-order chi connectivity index (χ1) is 14.7. The molecule has 3 aromatic carbocycles. The Morgan fingerprint density at radius 2 is 1.73 bits per heavy atom. The standard InChI is InChI=1S/C24H25FN2O3/c1-3-29-24-14-19(15-26-27-16-20-6-4-5-7-22(20)28-2)10-13-23(24)30-17-18-8-11-21(25)12-9-18/h4-15,27H,3,16-17H2,1-2H3/b26-15+. The number of ether oxygens (including phenoxy) is 3. The van der Waals surface area contributed by atoms with Crippen LogP contribution >= 0.6 is 0 Å². The normalized spacial score (nSPS) is 10.8. The molecule has 0 saturated carbocycles. The maximum atomic E-state index is 13.0. The van der Waals surface area contributed by atoms with Gasteiger partial charge in [0.25, 0.3) is 0 Å². The Morgan fingerprint density at radius 1 is 0.933 bits per heavy atom. The summed E-state index contributed by atoms with van der Waals surface area (Å²) in [5.74, 6) is 1.81. The van der Waals surface area contributed by atoms with Crippen LogP contribution < -0.4 is 19.6 Å². The molecule has 0 spiro atoms. The molecule has 5 nitrogen and oxygen atoms in total. The van der Waals surface area contributed by atoms with E-state index in [2.05, 4.69) is 10.5 Å². The quantitative estimate of drug-likeness (QED) is 0.382. The highest BCUT2D eigenvalue weighted by atomic mass is 19.1. The van der Waals surface area contributed by atoms with E-state index in [1.807, 2.05) is 49.4 Å². The summed E-state index contributed by atoms with van der Waals surface area (Å²) in [6, 6.07) is 19.6. The van der Waals surface area contributed by atoms with Crippen LogP contribution in [0.25, 0.3) is 0 Å². The van der Waals surface area contributed by atoms with Gasteiger partial charge in [0, 0.05) is 5.56 Å². The molecule has 0 amide bonds. The number of methoxy groups -OCH3 is 1. The number of hydrogen-bond acceptors (Lipinski definition) is 5. The number of nitrogens with zero attached hydrogens (tertiary/aromatic N) is 1. The van der Waals surface area contributed by atoms with Gasteiger partial charge in [-0.15, -0.1) is 0 Å². The van der Waals surface area contributed by atoms with Crippen molar-refractivity contribution in [1.82, 2.24) is 5.43 Å².